The van der Waals surface area contributed by atoms with Gasteiger partial charge in [0.25, 0.3) is 11.8 Å². The Morgan fingerprint density at radius 3 is 2.50 bits per heavy atom. The van der Waals surface area contributed by atoms with E-state index >= 15 is 0 Å². The largest absolute Gasteiger partial charge is 0.456 e. The van der Waals surface area contributed by atoms with Crippen LogP contribution in [0.3, 0.4) is 0 Å². The number of benzene rings is 1. The van der Waals surface area contributed by atoms with Gasteiger partial charge in [-0.25, -0.2) is 4.39 Å². The highest BCUT2D eigenvalue weighted by atomic mass is 19.1. The Labute approximate surface area is 114 Å². The normalized spacial score (nSPS) is 10.3. The van der Waals surface area contributed by atoms with Gasteiger partial charge in [-0.05, 0) is 31.2 Å². The van der Waals surface area contributed by atoms with E-state index in [4.69, 9.17) is 10.2 Å². The number of carbonyl (C=O) groups is 2. The van der Waals surface area contributed by atoms with Crippen LogP contribution >= 0.6 is 0 Å². The Bertz CT molecular complexity index is 679. The number of rotatable bonds is 3. The number of primary amides is 1. The Hall–Kier alpha value is -2.63. The van der Waals surface area contributed by atoms with Gasteiger partial charge in [0.15, 0.2) is 5.76 Å². The van der Waals surface area contributed by atoms with Gasteiger partial charge in [0.1, 0.15) is 11.6 Å². The van der Waals surface area contributed by atoms with Gasteiger partial charge in [-0.3, -0.25) is 9.59 Å². The number of carbonyl (C=O) groups excluding carboxylic acids is 2. The number of hydrogen-bond acceptors (Lipinski definition) is 3. The van der Waals surface area contributed by atoms with Crippen molar-refractivity contribution in [3.8, 4) is 0 Å². The molecule has 0 aliphatic carbocycles. The van der Waals surface area contributed by atoms with Gasteiger partial charge in [-0.2, -0.15) is 0 Å². The number of halogens is 1. The number of hydrogen-bond donors (Lipinski definition) is 1. The van der Waals surface area contributed by atoms with Crippen molar-refractivity contribution in [3.63, 3.8) is 0 Å². The third-order valence-electron chi connectivity index (χ3n) is 2.84. The smallest absolute Gasteiger partial charge is 0.293 e. The summed E-state index contributed by atoms with van der Waals surface area (Å²) in [4.78, 5) is 24.5. The average Bonchev–Trinajstić information content (AvgIpc) is 2.83. The number of nitrogens with two attached hydrogens (primary N) is 1. The molecule has 0 aliphatic heterocycles. The standard InChI is InChI=1S/C14H13FN2O3/c1-8-6-7-11(20-8)14(19)17(2)12-9(13(16)18)4-3-5-10(12)15/h3-7H,1-2H3,(H2,16,18). The zero-order valence-corrected chi connectivity index (χ0v) is 11.0. The van der Waals surface area contributed by atoms with E-state index in [9.17, 15) is 14.0 Å². The van der Waals surface area contributed by atoms with Gasteiger partial charge >= 0.3 is 0 Å². The zero-order valence-electron chi connectivity index (χ0n) is 11.0. The van der Waals surface area contributed by atoms with Gasteiger partial charge in [0.2, 0.25) is 0 Å². The third kappa shape index (κ3) is 2.40. The molecule has 5 nitrogen and oxygen atoms in total. The SMILES string of the molecule is Cc1ccc(C(=O)N(C)c2c(F)cccc2C(N)=O)o1. The lowest BCUT2D eigenvalue weighted by molar-refractivity contribution is 0.0964. The second kappa shape index (κ2) is 5.16. The quantitative estimate of drug-likeness (QED) is 0.932. The van der Waals surface area contributed by atoms with Crippen molar-refractivity contribution in [1.82, 2.24) is 0 Å². The summed E-state index contributed by atoms with van der Waals surface area (Å²) < 4.78 is 19.1. The molecule has 0 saturated heterocycles. The van der Waals surface area contributed by atoms with Gasteiger partial charge in [-0.1, -0.05) is 6.07 Å². The van der Waals surface area contributed by atoms with Crippen LogP contribution in [0.15, 0.2) is 34.7 Å². The molecule has 0 atom stereocenters. The van der Waals surface area contributed by atoms with Crippen LogP contribution in [-0.2, 0) is 0 Å². The Morgan fingerprint density at radius 1 is 1.25 bits per heavy atom. The minimum Gasteiger partial charge on any atom is -0.456 e. The van der Waals surface area contributed by atoms with Crippen LogP contribution in [0.4, 0.5) is 10.1 Å². The topological polar surface area (TPSA) is 76.5 Å². The van der Waals surface area contributed by atoms with Gasteiger partial charge in [0, 0.05) is 7.05 Å². The second-order valence-electron chi connectivity index (χ2n) is 4.27. The predicted molar refractivity (Wildman–Crippen MR) is 71.1 cm³/mol. The van der Waals surface area contributed by atoms with Crippen molar-refractivity contribution in [2.75, 3.05) is 11.9 Å². The molecule has 2 rings (SSSR count). The molecule has 2 aromatic rings. The molecule has 0 aliphatic rings. The highest BCUT2D eigenvalue weighted by Gasteiger charge is 2.23. The fourth-order valence-electron chi connectivity index (χ4n) is 1.87. The summed E-state index contributed by atoms with van der Waals surface area (Å²) in [6.07, 6.45) is 0. The highest BCUT2D eigenvalue weighted by Crippen LogP contribution is 2.25. The molecule has 0 radical (unpaired) electrons. The minimum atomic E-state index is -0.810. The molecule has 1 aromatic heterocycles. The maximum Gasteiger partial charge on any atom is 0.293 e. The molecule has 104 valence electrons. The predicted octanol–water partition coefficient (Wildman–Crippen LogP) is 2.10. The molecule has 0 unspecified atom stereocenters. The molecule has 0 bridgehead atoms. The monoisotopic (exact) mass is 276 g/mol. The van der Waals surface area contributed by atoms with Crippen molar-refractivity contribution >= 4 is 17.5 Å². The fourth-order valence-corrected chi connectivity index (χ4v) is 1.87. The van der Waals surface area contributed by atoms with E-state index in [0.29, 0.717) is 5.76 Å². The van der Waals surface area contributed by atoms with Crippen LogP contribution in [0.25, 0.3) is 0 Å². The van der Waals surface area contributed by atoms with E-state index < -0.39 is 17.6 Å². The lowest BCUT2D eigenvalue weighted by atomic mass is 10.1. The summed E-state index contributed by atoms with van der Waals surface area (Å²) >= 11 is 0. The molecule has 2 N–H and O–H groups in total. The fraction of sp³-hybridized carbons (Fsp3) is 0.143. The molecular formula is C14H13FN2O3. The zero-order chi connectivity index (χ0) is 14.9. The lowest BCUT2D eigenvalue weighted by Gasteiger charge is -2.19. The van der Waals surface area contributed by atoms with E-state index in [2.05, 4.69) is 0 Å². The van der Waals surface area contributed by atoms with Crippen molar-refractivity contribution in [2.45, 2.75) is 6.92 Å². The molecule has 1 heterocycles. The molecule has 2 amide bonds. The number of aryl methyl sites for hydroxylation is 1. The second-order valence-corrected chi connectivity index (χ2v) is 4.27. The molecule has 20 heavy (non-hydrogen) atoms. The molecule has 1 aromatic carbocycles. The van der Waals surface area contributed by atoms with Gasteiger partial charge in [-0.15, -0.1) is 0 Å². The highest BCUT2D eigenvalue weighted by molar-refractivity contribution is 6.08. The van der Waals surface area contributed by atoms with Crippen molar-refractivity contribution < 1.29 is 18.4 Å². The lowest BCUT2D eigenvalue weighted by Crippen LogP contribution is -2.29. The molecule has 0 spiro atoms. The van der Waals surface area contributed by atoms with Crippen LogP contribution in [0.2, 0.25) is 0 Å². The average molecular weight is 276 g/mol. The van der Waals surface area contributed by atoms with Crippen molar-refractivity contribution in [1.29, 1.82) is 0 Å². The van der Waals surface area contributed by atoms with E-state index in [-0.39, 0.29) is 17.0 Å². The number of anilines is 1. The number of nitrogens with zero attached hydrogens (tertiary/aromatic N) is 1. The van der Waals surface area contributed by atoms with Crippen LogP contribution in [0.5, 0.6) is 0 Å². The van der Waals surface area contributed by atoms with E-state index in [1.807, 2.05) is 0 Å². The summed E-state index contributed by atoms with van der Waals surface area (Å²) in [6.45, 7) is 1.69. The number of furan rings is 1. The first-order chi connectivity index (χ1) is 9.41. The van der Waals surface area contributed by atoms with Crippen LogP contribution in [0, 0.1) is 12.7 Å². The van der Waals surface area contributed by atoms with E-state index in [1.165, 1.54) is 25.2 Å². The van der Waals surface area contributed by atoms with E-state index in [0.717, 1.165) is 11.0 Å². The molecular weight excluding hydrogens is 263 g/mol. The van der Waals surface area contributed by atoms with Crippen LogP contribution in [0.1, 0.15) is 26.7 Å². The van der Waals surface area contributed by atoms with Crippen molar-refractivity contribution in [3.05, 3.63) is 53.2 Å². The number of amides is 2. The Morgan fingerprint density at radius 2 is 1.95 bits per heavy atom. The maximum absolute atomic E-state index is 13.9. The van der Waals surface area contributed by atoms with E-state index in [1.54, 1.807) is 13.0 Å². The summed E-state index contributed by atoms with van der Waals surface area (Å²) in [7, 11) is 1.35. The first-order valence-electron chi connectivity index (χ1n) is 5.84. The van der Waals surface area contributed by atoms with Gasteiger partial charge < -0.3 is 15.1 Å². The summed E-state index contributed by atoms with van der Waals surface area (Å²) in [5.41, 5.74) is 4.96. The Balaban J connectivity index is 2.46. The summed E-state index contributed by atoms with van der Waals surface area (Å²) in [5.74, 6) is -1.46. The van der Waals surface area contributed by atoms with Gasteiger partial charge in [0.05, 0.1) is 11.3 Å². The first kappa shape index (κ1) is 13.8. The number of para-hydroxylation sites is 1. The molecule has 0 fully saturated rings. The van der Waals surface area contributed by atoms with Crippen LogP contribution in [-0.4, -0.2) is 18.9 Å². The Kier molecular flexibility index (Phi) is 3.56. The van der Waals surface area contributed by atoms with Crippen molar-refractivity contribution in [2.24, 2.45) is 5.73 Å². The van der Waals surface area contributed by atoms with Crippen LogP contribution < -0.4 is 10.6 Å². The maximum atomic E-state index is 13.9. The molecule has 6 heteroatoms. The third-order valence-corrected chi connectivity index (χ3v) is 2.84. The molecule has 0 saturated carbocycles. The first-order valence-corrected chi connectivity index (χ1v) is 5.84. The summed E-state index contributed by atoms with van der Waals surface area (Å²) in [6, 6.07) is 6.97. The minimum absolute atomic E-state index is 0.0590. The summed E-state index contributed by atoms with van der Waals surface area (Å²) in [5, 5.41) is 0.